The van der Waals surface area contributed by atoms with Crippen LogP contribution < -0.4 is 14.8 Å². The molecule has 1 amide bonds. The van der Waals surface area contributed by atoms with E-state index in [4.69, 9.17) is 30.3 Å². The summed E-state index contributed by atoms with van der Waals surface area (Å²) in [7, 11) is 1.50. The Morgan fingerprint density at radius 1 is 1.32 bits per heavy atom. The lowest BCUT2D eigenvalue weighted by molar-refractivity contribution is -0.142. The third-order valence-corrected chi connectivity index (χ3v) is 3.64. The zero-order valence-electron chi connectivity index (χ0n) is 15.8. The number of anilines is 1. The minimum atomic E-state index is -0.687. The fraction of sp³-hybridized carbons (Fsp3) is 0.316. The lowest BCUT2D eigenvalue weighted by atomic mass is 10.2. The topological polar surface area (TPSA) is 99.9 Å². The molecule has 0 aliphatic carbocycles. The quantitative estimate of drug-likeness (QED) is 0.499. The molecule has 0 bridgehead atoms. The Morgan fingerprint density at radius 3 is 2.75 bits per heavy atom. The van der Waals surface area contributed by atoms with Gasteiger partial charge in [-0.1, -0.05) is 23.7 Å². The number of hydrogen-bond donors (Lipinski definition) is 1. The first-order valence-electron chi connectivity index (χ1n) is 8.51. The van der Waals surface area contributed by atoms with Crippen molar-refractivity contribution < 1.29 is 28.3 Å². The molecule has 2 rings (SSSR count). The fourth-order valence-corrected chi connectivity index (χ4v) is 2.41. The van der Waals surface area contributed by atoms with Gasteiger partial charge >= 0.3 is 5.97 Å². The third-order valence-electron chi connectivity index (χ3n) is 3.36. The maximum atomic E-state index is 11.8. The van der Waals surface area contributed by atoms with E-state index >= 15 is 0 Å². The molecular formula is C19H21ClN2O6. The number of carbonyl (C=O) groups excluding carboxylic acids is 2. The second-order valence-corrected chi connectivity index (χ2v) is 6.10. The van der Waals surface area contributed by atoms with Gasteiger partial charge in [-0.05, 0) is 37.1 Å². The van der Waals surface area contributed by atoms with Crippen molar-refractivity contribution in [1.82, 2.24) is 5.16 Å². The van der Waals surface area contributed by atoms with Crippen LogP contribution >= 0.6 is 11.6 Å². The molecule has 1 aromatic heterocycles. The zero-order valence-corrected chi connectivity index (χ0v) is 16.5. The Hall–Kier alpha value is -3.00. The van der Waals surface area contributed by atoms with E-state index in [0.29, 0.717) is 34.5 Å². The molecule has 1 aromatic carbocycles. The molecule has 28 heavy (non-hydrogen) atoms. The number of nitrogens with one attached hydrogen (secondary N) is 1. The number of halogens is 1. The van der Waals surface area contributed by atoms with Crippen molar-refractivity contribution in [2.24, 2.45) is 0 Å². The van der Waals surface area contributed by atoms with Gasteiger partial charge in [0.05, 0.1) is 18.7 Å². The molecule has 1 heterocycles. The molecule has 0 spiro atoms. The molecule has 0 fully saturated rings. The lowest BCUT2D eigenvalue weighted by Crippen LogP contribution is -2.20. The van der Waals surface area contributed by atoms with Gasteiger partial charge < -0.3 is 24.1 Å². The van der Waals surface area contributed by atoms with Crippen molar-refractivity contribution in [3.05, 3.63) is 40.6 Å². The predicted octanol–water partition coefficient (Wildman–Crippen LogP) is 3.63. The van der Waals surface area contributed by atoms with E-state index in [2.05, 4.69) is 10.5 Å². The number of benzene rings is 1. The monoisotopic (exact) mass is 408 g/mol. The van der Waals surface area contributed by atoms with E-state index in [-0.39, 0.29) is 5.82 Å². The minimum Gasteiger partial charge on any atom is -0.493 e. The van der Waals surface area contributed by atoms with Crippen LogP contribution in [0.5, 0.6) is 11.5 Å². The summed E-state index contributed by atoms with van der Waals surface area (Å²) >= 11 is 6.22. The van der Waals surface area contributed by atoms with Gasteiger partial charge in [-0.15, -0.1) is 0 Å². The number of aryl methyl sites for hydroxylation is 1. The maximum Gasteiger partial charge on any atom is 0.331 e. The molecule has 1 N–H and O–H groups in total. The summed E-state index contributed by atoms with van der Waals surface area (Å²) in [5, 5.41) is 6.42. The van der Waals surface area contributed by atoms with Crippen LogP contribution in [0.15, 0.2) is 28.8 Å². The molecule has 0 radical (unpaired) electrons. The van der Waals surface area contributed by atoms with Crippen molar-refractivity contribution in [2.75, 3.05) is 25.6 Å². The first-order valence-corrected chi connectivity index (χ1v) is 8.89. The lowest BCUT2D eigenvalue weighted by Gasteiger charge is -2.12. The normalized spacial score (nSPS) is 10.7. The average molecular weight is 409 g/mol. The summed E-state index contributed by atoms with van der Waals surface area (Å²) in [5.41, 5.74) is 0.616. The van der Waals surface area contributed by atoms with Crippen LogP contribution in [0.2, 0.25) is 5.02 Å². The van der Waals surface area contributed by atoms with Crippen LogP contribution in [-0.4, -0.2) is 37.4 Å². The van der Waals surface area contributed by atoms with Crippen molar-refractivity contribution in [2.45, 2.75) is 20.3 Å². The smallest absolute Gasteiger partial charge is 0.331 e. The first-order chi connectivity index (χ1) is 13.4. The Kier molecular flexibility index (Phi) is 7.88. The Balaban J connectivity index is 1.92. The highest BCUT2D eigenvalue weighted by Crippen LogP contribution is 2.36. The second kappa shape index (κ2) is 10.4. The van der Waals surface area contributed by atoms with Gasteiger partial charge in [0, 0.05) is 12.1 Å². The van der Waals surface area contributed by atoms with E-state index in [1.807, 2.05) is 6.92 Å². The average Bonchev–Trinajstić information content (AvgIpc) is 3.07. The van der Waals surface area contributed by atoms with Gasteiger partial charge in [-0.2, -0.15) is 0 Å². The molecule has 2 aromatic rings. The molecule has 9 heteroatoms. The fourth-order valence-electron chi connectivity index (χ4n) is 2.13. The molecule has 0 saturated carbocycles. The number of rotatable bonds is 9. The Morgan fingerprint density at radius 2 is 2.11 bits per heavy atom. The van der Waals surface area contributed by atoms with E-state index in [1.165, 1.54) is 19.3 Å². The van der Waals surface area contributed by atoms with Gasteiger partial charge in [0.15, 0.2) is 23.9 Å². The number of hydrogen-bond acceptors (Lipinski definition) is 7. The van der Waals surface area contributed by atoms with Gasteiger partial charge in [-0.25, -0.2) is 4.79 Å². The molecule has 0 aliphatic rings. The standard InChI is InChI=1S/C19H21ClN2O6/c1-4-7-26-19-14(20)9-13(10-15(19)25-3)5-6-18(24)27-11-17(23)21-16-8-12(2)28-22-16/h5-6,8-10H,4,7,11H2,1-3H3,(H,21,22,23)/b6-5+. The van der Waals surface area contributed by atoms with Crippen molar-refractivity contribution in [1.29, 1.82) is 0 Å². The molecule has 0 saturated heterocycles. The molecule has 0 aliphatic heterocycles. The Bertz CT molecular complexity index is 862. The van der Waals surface area contributed by atoms with Crippen molar-refractivity contribution in [3.8, 4) is 11.5 Å². The van der Waals surface area contributed by atoms with Gasteiger partial charge in [0.1, 0.15) is 5.76 Å². The number of nitrogens with zero attached hydrogens (tertiary/aromatic N) is 1. The molecule has 150 valence electrons. The van der Waals surface area contributed by atoms with Crippen molar-refractivity contribution in [3.63, 3.8) is 0 Å². The van der Waals surface area contributed by atoms with Crippen LogP contribution in [0.1, 0.15) is 24.7 Å². The number of carbonyl (C=O) groups is 2. The van der Waals surface area contributed by atoms with Gasteiger partial charge in [-0.3, -0.25) is 4.79 Å². The van der Waals surface area contributed by atoms with Gasteiger partial charge in [0.25, 0.3) is 5.91 Å². The maximum absolute atomic E-state index is 11.8. The highest BCUT2D eigenvalue weighted by molar-refractivity contribution is 6.32. The summed E-state index contributed by atoms with van der Waals surface area (Å²) < 4.78 is 20.6. The predicted molar refractivity (Wildman–Crippen MR) is 104 cm³/mol. The zero-order chi connectivity index (χ0) is 20.5. The largest absolute Gasteiger partial charge is 0.493 e. The number of aromatic nitrogens is 1. The van der Waals surface area contributed by atoms with Crippen LogP contribution in [0.4, 0.5) is 5.82 Å². The van der Waals surface area contributed by atoms with E-state index < -0.39 is 18.5 Å². The molecule has 8 nitrogen and oxygen atoms in total. The summed E-state index contributed by atoms with van der Waals surface area (Å²) in [6, 6.07) is 4.86. The second-order valence-electron chi connectivity index (χ2n) is 5.69. The van der Waals surface area contributed by atoms with E-state index in [1.54, 1.807) is 25.1 Å². The van der Waals surface area contributed by atoms with Crippen molar-refractivity contribution >= 4 is 35.4 Å². The SMILES string of the molecule is CCCOc1c(Cl)cc(/C=C/C(=O)OCC(=O)Nc2cc(C)on2)cc1OC. The number of esters is 1. The third kappa shape index (κ3) is 6.31. The summed E-state index contributed by atoms with van der Waals surface area (Å²) in [6.07, 6.45) is 3.52. The van der Waals surface area contributed by atoms with E-state index in [9.17, 15) is 9.59 Å². The highest BCUT2D eigenvalue weighted by atomic mass is 35.5. The Labute approximate surface area is 167 Å². The molecule has 0 atom stereocenters. The highest BCUT2D eigenvalue weighted by Gasteiger charge is 2.12. The summed E-state index contributed by atoms with van der Waals surface area (Å²) in [4.78, 5) is 23.5. The molecular weight excluding hydrogens is 388 g/mol. The van der Waals surface area contributed by atoms with Crippen LogP contribution in [0.3, 0.4) is 0 Å². The van der Waals surface area contributed by atoms with Gasteiger partial charge in [0.2, 0.25) is 0 Å². The van der Waals surface area contributed by atoms with Crippen LogP contribution in [0, 0.1) is 6.92 Å². The first kappa shape index (κ1) is 21.3. The van der Waals surface area contributed by atoms with Crippen LogP contribution in [-0.2, 0) is 14.3 Å². The minimum absolute atomic E-state index is 0.251. The summed E-state index contributed by atoms with van der Waals surface area (Å²) in [5.74, 6) is 0.489. The number of ether oxygens (including phenoxy) is 3. The number of methoxy groups -OCH3 is 1. The van der Waals surface area contributed by atoms with Crippen LogP contribution in [0.25, 0.3) is 6.08 Å². The number of amides is 1. The molecule has 0 unspecified atom stereocenters. The summed E-state index contributed by atoms with van der Waals surface area (Å²) in [6.45, 7) is 3.73. The van der Waals surface area contributed by atoms with E-state index in [0.717, 1.165) is 6.42 Å².